The Morgan fingerprint density at radius 2 is 1.74 bits per heavy atom. The van der Waals surface area contributed by atoms with Crippen molar-refractivity contribution in [3.05, 3.63) is 107 Å². The molecule has 1 aromatic heterocycles. The van der Waals surface area contributed by atoms with Crippen LogP contribution in [0.1, 0.15) is 44.8 Å². The Hall–Kier alpha value is -2.16. The van der Waals surface area contributed by atoms with Gasteiger partial charge in [0.15, 0.2) is 0 Å². The largest absolute Gasteiger partial charge is 0.487 e. The van der Waals surface area contributed by atoms with Gasteiger partial charge < -0.3 is 10.1 Å². The number of benzene rings is 3. The fourth-order valence-electron chi connectivity index (χ4n) is 4.30. The topological polar surface area (TPSA) is 50.7 Å². The predicted octanol–water partition coefficient (Wildman–Crippen LogP) is 10.0. The molecule has 1 aliphatic rings. The Kier molecular flexibility index (Phi) is 8.91. The number of para-hydroxylation sites is 1. The molecule has 3 aromatic carbocycles. The minimum atomic E-state index is -0.115. The average molecular weight is 693 g/mol. The summed E-state index contributed by atoms with van der Waals surface area (Å²) in [5.41, 5.74) is 4.37. The Morgan fingerprint density at radius 3 is 2.47 bits per heavy atom. The molecule has 5 rings (SSSR count). The van der Waals surface area contributed by atoms with Gasteiger partial charge >= 0.3 is 0 Å². The van der Waals surface area contributed by atoms with E-state index in [1.807, 2.05) is 48.5 Å². The molecule has 1 heterocycles. The van der Waals surface area contributed by atoms with Crippen LogP contribution in [0, 0.1) is 0 Å². The number of hydrogen-bond acceptors (Lipinski definition) is 4. The zero-order valence-electron chi connectivity index (χ0n) is 20.1. The molecule has 1 amide bonds. The van der Waals surface area contributed by atoms with E-state index < -0.39 is 0 Å². The van der Waals surface area contributed by atoms with Gasteiger partial charge in [0, 0.05) is 16.8 Å². The van der Waals surface area contributed by atoms with Crippen molar-refractivity contribution in [1.29, 1.82) is 0 Å². The van der Waals surface area contributed by atoms with Crippen molar-refractivity contribution in [3.63, 3.8) is 0 Å². The monoisotopic (exact) mass is 690 g/mol. The zero-order chi connectivity index (χ0) is 26.6. The van der Waals surface area contributed by atoms with Crippen LogP contribution >= 0.6 is 66.4 Å². The summed E-state index contributed by atoms with van der Waals surface area (Å²) < 4.78 is 7.59. The van der Waals surface area contributed by atoms with E-state index in [-0.39, 0.29) is 5.91 Å². The summed E-state index contributed by atoms with van der Waals surface area (Å²) in [7, 11) is 0. The van der Waals surface area contributed by atoms with Gasteiger partial charge in [-0.25, -0.2) is 4.99 Å². The van der Waals surface area contributed by atoms with Crippen LogP contribution < -0.4 is 10.1 Å². The first-order valence-corrected chi connectivity index (χ1v) is 15.2. The number of rotatable bonds is 7. The molecule has 0 aliphatic heterocycles. The van der Waals surface area contributed by atoms with E-state index in [0.29, 0.717) is 28.0 Å². The summed E-state index contributed by atoms with van der Waals surface area (Å²) in [5.74, 6) is 0.555. The summed E-state index contributed by atoms with van der Waals surface area (Å²) in [5, 5.41) is 4.77. The van der Waals surface area contributed by atoms with Gasteiger partial charge in [-0.2, -0.15) is 0 Å². The maximum absolute atomic E-state index is 13.3. The SMILES string of the molecule is O=C(Nc1ccccc1)c1c(N=Cc2cc(Br)c(OCc3ccc(Cl)c(Cl)c3)c(Br)c2)sc2c1CCCC2. The number of ether oxygens (including phenoxy) is 1. The number of aliphatic imine (C=N–C) groups is 1. The Morgan fingerprint density at radius 1 is 1.00 bits per heavy atom. The van der Waals surface area contributed by atoms with Gasteiger partial charge in [-0.3, -0.25) is 4.79 Å². The summed E-state index contributed by atoms with van der Waals surface area (Å²) >= 11 is 21.0. The lowest BCUT2D eigenvalue weighted by atomic mass is 9.95. The average Bonchev–Trinajstić information content (AvgIpc) is 3.28. The normalized spacial score (nSPS) is 12.9. The number of carbonyl (C=O) groups excluding carboxylic acids is 1. The van der Waals surface area contributed by atoms with Crippen molar-refractivity contribution in [2.45, 2.75) is 32.3 Å². The van der Waals surface area contributed by atoms with Crippen molar-refractivity contribution in [2.75, 3.05) is 5.32 Å². The second-order valence-electron chi connectivity index (χ2n) is 8.82. The van der Waals surface area contributed by atoms with E-state index in [9.17, 15) is 4.79 Å². The van der Waals surface area contributed by atoms with Crippen LogP contribution in [-0.2, 0) is 19.4 Å². The Balaban J connectivity index is 1.38. The summed E-state index contributed by atoms with van der Waals surface area (Å²) in [6.45, 7) is 0.335. The lowest BCUT2D eigenvalue weighted by molar-refractivity contribution is 0.102. The number of carbonyl (C=O) groups is 1. The maximum Gasteiger partial charge on any atom is 0.259 e. The molecule has 0 spiro atoms. The van der Waals surface area contributed by atoms with Crippen LogP contribution in [0.25, 0.3) is 0 Å². The van der Waals surface area contributed by atoms with Crippen LogP contribution in [0.3, 0.4) is 0 Å². The van der Waals surface area contributed by atoms with E-state index >= 15 is 0 Å². The third-order valence-electron chi connectivity index (χ3n) is 6.13. The van der Waals surface area contributed by atoms with Crippen LogP contribution in [0.4, 0.5) is 10.7 Å². The number of fused-ring (bicyclic) bond motifs is 1. The molecule has 194 valence electrons. The second-order valence-corrected chi connectivity index (χ2v) is 12.4. The van der Waals surface area contributed by atoms with Gasteiger partial charge in [0.1, 0.15) is 17.4 Å². The molecule has 4 nitrogen and oxygen atoms in total. The highest BCUT2D eigenvalue weighted by Gasteiger charge is 2.25. The molecule has 38 heavy (non-hydrogen) atoms. The number of nitrogens with zero attached hydrogens (tertiary/aromatic N) is 1. The predicted molar refractivity (Wildman–Crippen MR) is 165 cm³/mol. The van der Waals surface area contributed by atoms with Gasteiger partial charge in [0.2, 0.25) is 0 Å². The van der Waals surface area contributed by atoms with Crippen molar-refractivity contribution >= 4 is 89.2 Å². The quantitative estimate of drug-likeness (QED) is 0.196. The third-order valence-corrected chi connectivity index (χ3v) is 9.25. The maximum atomic E-state index is 13.3. The minimum absolute atomic E-state index is 0.115. The highest BCUT2D eigenvalue weighted by molar-refractivity contribution is 9.11. The molecule has 0 saturated heterocycles. The molecular weight excluding hydrogens is 671 g/mol. The van der Waals surface area contributed by atoms with Crippen molar-refractivity contribution in [2.24, 2.45) is 4.99 Å². The first-order chi connectivity index (χ1) is 18.4. The molecule has 0 fully saturated rings. The third kappa shape index (κ3) is 6.35. The van der Waals surface area contributed by atoms with Gasteiger partial charge in [-0.05, 0) is 111 Å². The molecule has 1 aliphatic carbocycles. The molecule has 0 unspecified atom stereocenters. The van der Waals surface area contributed by atoms with E-state index in [1.54, 1.807) is 29.7 Å². The molecule has 1 N–H and O–H groups in total. The van der Waals surface area contributed by atoms with E-state index in [4.69, 9.17) is 32.9 Å². The minimum Gasteiger partial charge on any atom is -0.487 e. The van der Waals surface area contributed by atoms with E-state index in [1.165, 1.54) is 4.88 Å². The lowest BCUT2D eigenvalue weighted by Gasteiger charge is -2.13. The lowest BCUT2D eigenvalue weighted by Crippen LogP contribution is -2.14. The smallest absolute Gasteiger partial charge is 0.259 e. The van der Waals surface area contributed by atoms with Gasteiger partial charge in [0.05, 0.1) is 24.6 Å². The Labute approximate surface area is 252 Å². The van der Waals surface area contributed by atoms with Crippen LogP contribution in [0.5, 0.6) is 5.75 Å². The summed E-state index contributed by atoms with van der Waals surface area (Å²) in [6.07, 6.45) is 5.90. The van der Waals surface area contributed by atoms with E-state index in [0.717, 1.165) is 62.0 Å². The number of halogens is 4. The van der Waals surface area contributed by atoms with Gasteiger partial charge in [-0.1, -0.05) is 47.5 Å². The van der Waals surface area contributed by atoms with Gasteiger partial charge in [0.25, 0.3) is 5.91 Å². The summed E-state index contributed by atoms with van der Waals surface area (Å²) in [4.78, 5) is 19.4. The Bertz CT molecular complexity index is 1500. The van der Waals surface area contributed by atoms with Crippen molar-refractivity contribution in [3.8, 4) is 5.75 Å². The van der Waals surface area contributed by atoms with Crippen LogP contribution in [0.2, 0.25) is 10.0 Å². The number of anilines is 1. The molecule has 0 radical (unpaired) electrons. The number of nitrogens with one attached hydrogen (secondary N) is 1. The standard InChI is InChI=1S/C29H22Br2Cl2N2O2S/c30-21-12-18(13-22(31)27(21)37-16-17-10-11-23(32)24(33)14-17)15-34-29-26(20-8-4-5-9-25(20)38-29)28(36)35-19-6-2-1-3-7-19/h1-3,6-7,10-15H,4-5,8-9,16H2,(H,35,36). The van der Waals surface area contributed by atoms with Crippen LogP contribution in [0.15, 0.2) is 74.6 Å². The molecule has 9 heteroatoms. The second kappa shape index (κ2) is 12.3. The first kappa shape index (κ1) is 27.4. The number of aryl methyl sites for hydroxylation is 1. The van der Waals surface area contributed by atoms with Gasteiger partial charge in [-0.15, -0.1) is 11.3 Å². The number of amides is 1. The number of hydrogen-bond donors (Lipinski definition) is 1. The molecular formula is C29H22Br2Cl2N2O2S. The van der Waals surface area contributed by atoms with Crippen molar-refractivity contribution < 1.29 is 9.53 Å². The van der Waals surface area contributed by atoms with Crippen LogP contribution in [-0.4, -0.2) is 12.1 Å². The first-order valence-electron chi connectivity index (χ1n) is 12.0. The molecule has 0 saturated carbocycles. The molecule has 0 atom stereocenters. The molecule has 4 aromatic rings. The fourth-order valence-corrected chi connectivity index (χ4v) is 7.30. The number of thiophene rings is 1. The zero-order valence-corrected chi connectivity index (χ0v) is 25.6. The highest BCUT2D eigenvalue weighted by Crippen LogP contribution is 2.41. The fraction of sp³-hybridized carbons (Fsp3) is 0.172. The van der Waals surface area contributed by atoms with Crippen molar-refractivity contribution in [1.82, 2.24) is 0 Å². The molecule has 0 bridgehead atoms. The summed E-state index contributed by atoms with van der Waals surface area (Å²) in [6, 6.07) is 18.8. The van der Waals surface area contributed by atoms with E-state index in [2.05, 4.69) is 37.2 Å². The highest BCUT2D eigenvalue weighted by atomic mass is 79.9.